The van der Waals surface area contributed by atoms with Gasteiger partial charge < -0.3 is 29.0 Å². The molecule has 1 amide bonds. The summed E-state index contributed by atoms with van der Waals surface area (Å²) in [7, 11) is 0. The molecule has 0 spiro atoms. The van der Waals surface area contributed by atoms with Crippen LogP contribution in [0.1, 0.15) is 17.2 Å². The molecule has 3 heterocycles. The predicted molar refractivity (Wildman–Crippen MR) is 131 cm³/mol. The van der Waals surface area contributed by atoms with E-state index in [0.29, 0.717) is 61.3 Å². The average molecular weight is 493 g/mol. The van der Waals surface area contributed by atoms with Gasteiger partial charge >= 0.3 is 0 Å². The molecule has 0 saturated carbocycles. The summed E-state index contributed by atoms with van der Waals surface area (Å²) < 4.78 is 21.9. The zero-order valence-corrected chi connectivity index (χ0v) is 19.9. The lowest BCUT2D eigenvalue weighted by molar-refractivity contribution is -0.140. The van der Waals surface area contributed by atoms with Crippen LogP contribution in [0.15, 0.2) is 60.7 Å². The molecule has 2 saturated heterocycles. The first kappa shape index (κ1) is 23.9. The Labute approximate surface area is 209 Å². The van der Waals surface area contributed by atoms with Crippen LogP contribution in [0.5, 0.6) is 17.2 Å². The number of nitrogens with zero attached hydrogens (tertiary/aromatic N) is 2. The van der Waals surface area contributed by atoms with Crippen molar-refractivity contribution < 1.29 is 33.6 Å². The van der Waals surface area contributed by atoms with E-state index in [0.717, 1.165) is 13.1 Å². The summed E-state index contributed by atoms with van der Waals surface area (Å²) in [6.45, 7) is 7.78. The summed E-state index contributed by atoms with van der Waals surface area (Å²) in [5, 5.41) is 11.3. The van der Waals surface area contributed by atoms with E-state index in [2.05, 4.69) is 11.5 Å². The van der Waals surface area contributed by atoms with Crippen LogP contribution in [0, 0.1) is 0 Å². The maximum absolute atomic E-state index is 13.3. The molecule has 0 aliphatic carbocycles. The average Bonchev–Trinajstić information content (AvgIpc) is 3.48. The molecule has 3 aliphatic rings. The summed E-state index contributed by atoms with van der Waals surface area (Å²) in [4.78, 5) is 30.3. The van der Waals surface area contributed by atoms with Crippen molar-refractivity contribution >= 4 is 17.4 Å². The first-order chi connectivity index (χ1) is 17.6. The SMILES string of the molecule is C=CCOc1cccc(C2/C(=C(\O)c3ccc4c(c3)OCO4)C(=O)C(=O)N2CCN2CCOCC2)c1. The second-order valence-corrected chi connectivity index (χ2v) is 8.69. The molecule has 1 atom stereocenters. The number of likely N-dealkylation sites (tertiary alicyclic amines) is 1. The summed E-state index contributed by atoms with van der Waals surface area (Å²) >= 11 is 0. The van der Waals surface area contributed by atoms with E-state index in [-0.39, 0.29) is 18.1 Å². The van der Waals surface area contributed by atoms with Crippen LogP contribution in [0.4, 0.5) is 0 Å². The smallest absolute Gasteiger partial charge is 0.295 e. The van der Waals surface area contributed by atoms with Crippen molar-refractivity contribution in [3.05, 3.63) is 71.8 Å². The highest BCUT2D eigenvalue weighted by molar-refractivity contribution is 6.46. The fraction of sp³-hybridized carbons (Fsp3) is 0.333. The minimum absolute atomic E-state index is 0.0294. The van der Waals surface area contributed by atoms with Gasteiger partial charge in [-0.05, 0) is 35.9 Å². The summed E-state index contributed by atoms with van der Waals surface area (Å²) in [6, 6.07) is 11.4. The first-order valence-corrected chi connectivity index (χ1v) is 11.9. The Balaban J connectivity index is 1.54. The number of aliphatic hydroxyl groups excluding tert-OH is 1. The normalized spacial score (nSPS) is 21.1. The third-order valence-electron chi connectivity index (χ3n) is 6.49. The standard InChI is InChI=1S/C27H28N2O7/c1-2-12-34-20-5-3-4-18(15-20)24-23(25(30)19-6-7-21-22(16-19)36-17-35-21)26(31)27(32)29(24)9-8-28-10-13-33-14-11-28/h2-7,15-16,24,30H,1,8-14,17H2/b25-23+. The maximum Gasteiger partial charge on any atom is 0.295 e. The number of benzene rings is 2. The number of aliphatic hydroxyl groups is 1. The van der Waals surface area contributed by atoms with Crippen molar-refractivity contribution in [2.24, 2.45) is 0 Å². The highest BCUT2D eigenvalue weighted by Gasteiger charge is 2.46. The third-order valence-corrected chi connectivity index (χ3v) is 6.49. The molecule has 1 N–H and O–H groups in total. The quantitative estimate of drug-likeness (QED) is 0.260. The van der Waals surface area contributed by atoms with Gasteiger partial charge in [-0.2, -0.15) is 0 Å². The molecule has 9 nitrogen and oxygen atoms in total. The number of fused-ring (bicyclic) bond motifs is 1. The van der Waals surface area contributed by atoms with E-state index in [1.165, 1.54) is 4.90 Å². The molecule has 9 heteroatoms. The number of ether oxygens (including phenoxy) is 4. The number of ketones is 1. The minimum Gasteiger partial charge on any atom is -0.507 e. The van der Waals surface area contributed by atoms with Crippen LogP contribution in [0.2, 0.25) is 0 Å². The van der Waals surface area contributed by atoms with Crippen molar-refractivity contribution in [2.75, 3.05) is 52.8 Å². The first-order valence-electron chi connectivity index (χ1n) is 11.9. The fourth-order valence-corrected chi connectivity index (χ4v) is 4.66. The van der Waals surface area contributed by atoms with Gasteiger partial charge in [0.1, 0.15) is 18.1 Å². The molecular formula is C27H28N2O7. The van der Waals surface area contributed by atoms with E-state index in [1.54, 1.807) is 42.5 Å². The second-order valence-electron chi connectivity index (χ2n) is 8.69. The molecule has 2 fully saturated rings. The lowest BCUT2D eigenvalue weighted by atomic mass is 9.95. The molecule has 1 unspecified atom stereocenters. The number of carbonyl (C=O) groups excluding carboxylic acids is 2. The van der Waals surface area contributed by atoms with E-state index in [1.807, 2.05) is 6.07 Å². The molecular weight excluding hydrogens is 464 g/mol. The highest BCUT2D eigenvalue weighted by Crippen LogP contribution is 2.42. The highest BCUT2D eigenvalue weighted by atomic mass is 16.7. The van der Waals surface area contributed by atoms with Crippen molar-refractivity contribution in [3.8, 4) is 17.2 Å². The summed E-state index contributed by atoms with van der Waals surface area (Å²) in [5.41, 5.74) is 1.07. The molecule has 188 valence electrons. The predicted octanol–water partition coefficient (Wildman–Crippen LogP) is 2.73. The zero-order valence-electron chi connectivity index (χ0n) is 19.9. The monoisotopic (exact) mass is 492 g/mol. The van der Waals surface area contributed by atoms with Crippen LogP contribution in [-0.2, 0) is 14.3 Å². The van der Waals surface area contributed by atoms with Crippen molar-refractivity contribution in [3.63, 3.8) is 0 Å². The number of rotatable bonds is 8. The van der Waals surface area contributed by atoms with E-state index in [9.17, 15) is 14.7 Å². The van der Waals surface area contributed by atoms with Gasteiger partial charge in [-0.3, -0.25) is 14.5 Å². The number of carbonyl (C=O) groups is 2. The Morgan fingerprint density at radius 1 is 1.08 bits per heavy atom. The van der Waals surface area contributed by atoms with E-state index in [4.69, 9.17) is 18.9 Å². The fourth-order valence-electron chi connectivity index (χ4n) is 4.66. The number of Topliss-reactive ketones (excluding diaryl/α,β-unsaturated/α-hetero) is 1. The Kier molecular flexibility index (Phi) is 6.92. The molecule has 0 radical (unpaired) electrons. The Bertz CT molecular complexity index is 1200. The molecule has 2 aromatic carbocycles. The largest absolute Gasteiger partial charge is 0.507 e. The maximum atomic E-state index is 13.3. The third kappa shape index (κ3) is 4.67. The van der Waals surface area contributed by atoms with E-state index < -0.39 is 17.7 Å². The van der Waals surface area contributed by atoms with Crippen LogP contribution in [0.25, 0.3) is 5.76 Å². The van der Waals surface area contributed by atoms with E-state index >= 15 is 0 Å². The second kappa shape index (κ2) is 10.4. The van der Waals surface area contributed by atoms with Crippen molar-refractivity contribution in [1.29, 1.82) is 0 Å². The van der Waals surface area contributed by atoms with Gasteiger partial charge in [-0.25, -0.2) is 0 Å². The molecule has 0 bridgehead atoms. The zero-order chi connectivity index (χ0) is 25.1. The van der Waals surface area contributed by atoms with Crippen LogP contribution >= 0.6 is 0 Å². The Hall–Kier alpha value is -3.82. The topological polar surface area (TPSA) is 97.8 Å². The number of hydrogen-bond donors (Lipinski definition) is 1. The molecule has 0 aromatic heterocycles. The van der Waals surface area contributed by atoms with Crippen LogP contribution < -0.4 is 14.2 Å². The van der Waals surface area contributed by atoms with Gasteiger partial charge in [-0.1, -0.05) is 24.8 Å². The minimum atomic E-state index is -0.774. The van der Waals surface area contributed by atoms with Gasteiger partial charge in [0.05, 0.1) is 24.8 Å². The van der Waals surface area contributed by atoms with Crippen molar-refractivity contribution in [2.45, 2.75) is 6.04 Å². The van der Waals surface area contributed by atoms with Gasteiger partial charge in [0.25, 0.3) is 11.7 Å². The molecule has 5 rings (SSSR count). The summed E-state index contributed by atoms with van der Waals surface area (Å²) in [5.74, 6) is -0.0298. The van der Waals surface area contributed by atoms with Gasteiger partial charge in [0.15, 0.2) is 11.5 Å². The van der Waals surface area contributed by atoms with Gasteiger partial charge in [-0.15, -0.1) is 0 Å². The lowest BCUT2D eigenvalue weighted by Gasteiger charge is -2.31. The van der Waals surface area contributed by atoms with Crippen molar-refractivity contribution in [1.82, 2.24) is 9.80 Å². The Morgan fingerprint density at radius 2 is 1.89 bits per heavy atom. The molecule has 2 aromatic rings. The van der Waals surface area contributed by atoms with Crippen LogP contribution in [-0.4, -0.2) is 79.4 Å². The number of morpholine rings is 1. The molecule has 36 heavy (non-hydrogen) atoms. The van der Waals surface area contributed by atoms with Gasteiger partial charge in [0, 0.05) is 31.7 Å². The molecule has 3 aliphatic heterocycles. The lowest BCUT2D eigenvalue weighted by Crippen LogP contribution is -2.42. The number of amides is 1. The summed E-state index contributed by atoms with van der Waals surface area (Å²) in [6.07, 6.45) is 1.64. The Morgan fingerprint density at radius 3 is 2.69 bits per heavy atom. The number of hydrogen-bond acceptors (Lipinski definition) is 8. The van der Waals surface area contributed by atoms with Gasteiger partial charge in [0.2, 0.25) is 6.79 Å². The van der Waals surface area contributed by atoms with Crippen LogP contribution in [0.3, 0.4) is 0 Å².